The van der Waals surface area contributed by atoms with Gasteiger partial charge in [0.25, 0.3) is 0 Å². The van der Waals surface area contributed by atoms with Crippen molar-refractivity contribution < 1.29 is 5.11 Å². The maximum atomic E-state index is 9.47. The van der Waals surface area contributed by atoms with E-state index in [-0.39, 0.29) is 6.10 Å². The smallest absolute Gasteiger partial charge is 0.0897 e. The van der Waals surface area contributed by atoms with Gasteiger partial charge in [-0.2, -0.15) is 0 Å². The molecule has 2 rings (SSSR count). The van der Waals surface area contributed by atoms with Gasteiger partial charge in [-0.3, -0.25) is 0 Å². The molecular weight excluding hydrogens is 194 g/mol. The molecule has 1 atom stereocenters. The Kier molecular flexibility index (Phi) is 2.99. The van der Waals surface area contributed by atoms with Crippen molar-refractivity contribution in [2.24, 2.45) is 0 Å². The van der Waals surface area contributed by atoms with E-state index in [9.17, 15) is 5.11 Å². The minimum Gasteiger partial charge on any atom is -0.389 e. The van der Waals surface area contributed by atoms with Gasteiger partial charge in [0.15, 0.2) is 0 Å². The highest BCUT2D eigenvalue weighted by Gasteiger charge is 2.11. The van der Waals surface area contributed by atoms with Crippen molar-refractivity contribution in [3.63, 3.8) is 0 Å². The average molecular weight is 209 g/mol. The molecule has 0 aromatic carbocycles. The van der Waals surface area contributed by atoms with Gasteiger partial charge < -0.3 is 5.11 Å². The van der Waals surface area contributed by atoms with Crippen molar-refractivity contribution in [1.29, 1.82) is 0 Å². The highest BCUT2D eigenvalue weighted by Crippen LogP contribution is 2.22. The van der Waals surface area contributed by atoms with Crippen LogP contribution in [-0.4, -0.2) is 16.2 Å². The number of hydrogen-bond donors (Lipinski definition) is 1. The number of rotatable bonds is 2. The number of thiazole rings is 1. The maximum absolute atomic E-state index is 9.47. The van der Waals surface area contributed by atoms with E-state index in [2.05, 4.69) is 10.4 Å². The molecule has 2 nitrogen and oxygen atoms in total. The fourth-order valence-corrected chi connectivity index (χ4v) is 2.46. The lowest BCUT2D eigenvalue weighted by Crippen LogP contribution is -2.10. The van der Waals surface area contributed by atoms with Crippen LogP contribution in [0.1, 0.15) is 30.0 Å². The Hall–Kier alpha value is -0.670. The quantitative estimate of drug-likeness (QED) is 0.759. The number of aryl methyl sites for hydroxylation is 1. The normalized spacial score (nSPS) is 22.1. The van der Waals surface area contributed by atoms with Crippen molar-refractivity contribution in [1.82, 2.24) is 4.98 Å². The first kappa shape index (κ1) is 9.87. The number of hydrogen-bond acceptors (Lipinski definition) is 3. The molecule has 1 heterocycles. The molecule has 0 aliphatic heterocycles. The van der Waals surface area contributed by atoms with Gasteiger partial charge in [0.1, 0.15) is 0 Å². The number of aromatic nitrogens is 1. The molecule has 0 amide bonds. The van der Waals surface area contributed by atoms with E-state index in [1.807, 2.05) is 13.0 Å². The van der Waals surface area contributed by atoms with Crippen LogP contribution in [0, 0.1) is 6.92 Å². The van der Waals surface area contributed by atoms with E-state index in [0.29, 0.717) is 0 Å². The van der Waals surface area contributed by atoms with Gasteiger partial charge in [-0.05, 0) is 26.2 Å². The Morgan fingerprint density at radius 1 is 1.64 bits per heavy atom. The summed E-state index contributed by atoms with van der Waals surface area (Å²) in [6, 6.07) is 0. The van der Waals surface area contributed by atoms with Crippen molar-refractivity contribution >= 4 is 11.3 Å². The molecule has 0 saturated heterocycles. The Bertz CT molecular complexity index is 343. The SMILES string of the molecule is Cc1nc(CC2=CC(O)CCC2)cs1. The van der Waals surface area contributed by atoms with E-state index in [4.69, 9.17) is 0 Å². The lowest BCUT2D eigenvalue weighted by Gasteiger charge is -2.16. The first-order chi connectivity index (χ1) is 6.74. The summed E-state index contributed by atoms with van der Waals surface area (Å²) in [6.45, 7) is 2.03. The summed E-state index contributed by atoms with van der Waals surface area (Å²) in [7, 11) is 0. The van der Waals surface area contributed by atoms with E-state index >= 15 is 0 Å². The summed E-state index contributed by atoms with van der Waals surface area (Å²) in [4.78, 5) is 4.43. The first-order valence-corrected chi connectivity index (χ1v) is 5.90. The third kappa shape index (κ3) is 2.42. The van der Waals surface area contributed by atoms with Crippen LogP contribution in [0.2, 0.25) is 0 Å². The predicted octanol–water partition coefficient (Wildman–Crippen LogP) is 2.47. The highest BCUT2D eigenvalue weighted by molar-refractivity contribution is 7.09. The summed E-state index contributed by atoms with van der Waals surface area (Å²) >= 11 is 1.69. The van der Waals surface area contributed by atoms with E-state index in [1.54, 1.807) is 11.3 Å². The van der Waals surface area contributed by atoms with Crippen molar-refractivity contribution in [2.45, 2.75) is 38.7 Å². The van der Waals surface area contributed by atoms with Crippen molar-refractivity contribution in [3.05, 3.63) is 27.7 Å². The predicted molar refractivity (Wildman–Crippen MR) is 58.5 cm³/mol. The van der Waals surface area contributed by atoms with Gasteiger partial charge in [0.05, 0.1) is 16.8 Å². The molecule has 14 heavy (non-hydrogen) atoms. The van der Waals surface area contributed by atoms with Crippen LogP contribution >= 0.6 is 11.3 Å². The van der Waals surface area contributed by atoms with E-state index < -0.39 is 0 Å². The van der Waals surface area contributed by atoms with Crippen LogP contribution in [0.15, 0.2) is 17.0 Å². The number of aliphatic hydroxyl groups excluding tert-OH is 1. The molecule has 0 fully saturated rings. The standard InChI is InChI=1S/C11H15NOS/c1-8-12-10(7-14-8)5-9-3-2-4-11(13)6-9/h6-7,11,13H,2-5H2,1H3. The molecule has 1 aromatic rings. The first-order valence-electron chi connectivity index (χ1n) is 5.02. The zero-order chi connectivity index (χ0) is 9.97. The van der Waals surface area contributed by atoms with E-state index in [0.717, 1.165) is 36.4 Å². The Morgan fingerprint density at radius 2 is 2.50 bits per heavy atom. The summed E-state index contributed by atoms with van der Waals surface area (Å²) in [5.74, 6) is 0. The topological polar surface area (TPSA) is 33.1 Å². The van der Waals surface area contributed by atoms with Crippen LogP contribution in [0.3, 0.4) is 0 Å². The molecule has 1 unspecified atom stereocenters. The lowest BCUT2D eigenvalue weighted by molar-refractivity contribution is 0.202. The maximum Gasteiger partial charge on any atom is 0.0897 e. The van der Waals surface area contributed by atoms with Gasteiger partial charge in [-0.15, -0.1) is 11.3 Å². The molecule has 0 radical (unpaired) electrons. The van der Waals surface area contributed by atoms with Crippen LogP contribution in [-0.2, 0) is 6.42 Å². The molecule has 1 aromatic heterocycles. The Balaban J connectivity index is 2.03. The fraction of sp³-hybridized carbons (Fsp3) is 0.545. The minimum atomic E-state index is -0.224. The van der Waals surface area contributed by atoms with Gasteiger partial charge in [0.2, 0.25) is 0 Å². The third-order valence-corrected chi connectivity index (χ3v) is 3.32. The van der Waals surface area contributed by atoms with Crippen LogP contribution in [0.25, 0.3) is 0 Å². The lowest BCUT2D eigenvalue weighted by atomic mass is 9.95. The Morgan fingerprint density at radius 3 is 3.14 bits per heavy atom. The summed E-state index contributed by atoms with van der Waals surface area (Å²) in [6.07, 6.45) is 5.83. The number of aliphatic hydroxyl groups is 1. The minimum absolute atomic E-state index is 0.224. The fourth-order valence-electron chi connectivity index (χ4n) is 1.85. The van der Waals surface area contributed by atoms with E-state index in [1.165, 1.54) is 5.57 Å². The molecule has 1 N–H and O–H groups in total. The Labute approximate surface area is 88.3 Å². The number of nitrogens with zero attached hydrogens (tertiary/aromatic N) is 1. The highest BCUT2D eigenvalue weighted by atomic mass is 32.1. The molecule has 0 spiro atoms. The third-order valence-electron chi connectivity index (χ3n) is 2.50. The summed E-state index contributed by atoms with van der Waals surface area (Å²) in [5.41, 5.74) is 2.49. The van der Waals surface area contributed by atoms with Gasteiger partial charge >= 0.3 is 0 Å². The second kappa shape index (κ2) is 4.24. The zero-order valence-corrected chi connectivity index (χ0v) is 9.18. The van der Waals surface area contributed by atoms with Gasteiger partial charge in [-0.1, -0.05) is 11.6 Å². The number of allylic oxidation sites excluding steroid dienone is 1. The molecule has 0 bridgehead atoms. The molecular formula is C11H15NOS. The molecule has 3 heteroatoms. The van der Waals surface area contributed by atoms with Crippen LogP contribution in [0.5, 0.6) is 0 Å². The van der Waals surface area contributed by atoms with Gasteiger partial charge in [0, 0.05) is 11.8 Å². The second-order valence-electron chi connectivity index (χ2n) is 3.82. The molecule has 1 aliphatic rings. The molecule has 0 saturated carbocycles. The van der Waals surface area contributed by atoms with Crippen LogP contribution in [0.4, 0.5) is 0 Å². The molecule has 76 valence electrons. The van der Waals surface area contributed by atoms with Crippen molar-refractivity contribution in [3.8, 4) is 0 Å². The monoisotopic (exact) mass is 209 g/mol. The molecule has 1 aliphatic carbocycles. The summed E-state index contributed by atoms with van der Waals surface area (Å²) < 4.78 is 0. The second-order valence-corrected chi connectivity index (χ2v) is 4.88. The summed E-state index contributed by atoms with van der Waals surface area (Å²) in [5, 5.41) is 12.7. The average Bonchev–Trinajstić information content (AvgIpc) is 2.51. The van der Waals surface area contributed by atoms with Crippen molar-refractivity contribution in [2.75, 3.05) is 0 Å². The van der Waals surface area contributed by atoms with Gasteiger partial charge in [-0.25, -0.2) is 4.98 Å². The van der Waals surface area contributed by atoms with Crippen LogP contribution < -0.4 is 0 Å². The zero-order valence-electron chi connectivity index (χ0n) is 8.36. The largest absolute Gasteiger partial charge is 0.389 e.